The Morgan fingerprint density at radius 2 is 1.96 bits per heavy atom. The Morgan fingerprint density at radius 3 is 2.48 bits per heavy atom. The molecule has 2 aliphatic heterocycles. The maximum Gasteiger partial charge on any atom is 0.227 e. The molecule has 0 spiro atoms. The molecule has 1 amide bonds. The Kier molecular flexibility index (Phi) is 9.44. The van der Waals surface area contributed by atoms with Gasteiger partial charge in [-0.15, -0.1) is 24.0 Å². The van der Waals surface area contributed by atoms with E-state index in [0.29, 0.717) is 12.5 Å². The van der Waals surface area contributed by atoms with Crippen molar-refractivity contribution in [3.05, 3.63) is 0 Å². The van der Waals surface area contributed by atoms with E-state index in [4.69, 9.17) is 4.74 Å². The highest BCUT2D eigenvalue weighted by atomic mass is 127. The second-order valence-electron chi connectivity index (χ2n) is 7.38. The summed E-state index contributed by atoms with van der Waals surface area (Å²) in [6, 6.07) is 0. The first kappa shape index (κ1) is 22.4. The predicted molar refractivity (Wildman–Crippen MR) is 112 cm³/mol. The number of halogens is 1. The third-order valence-electron chi connectivity index (χ3n) is 4.95. The van der Waals surface area contributed by atoms with Gasteiger partial charge < -0.3 is 20.3 Å². The van der Waals surface area contributed by atoms with Crippen molar-refractivity contribution in [1.82, 2.24) is 20.4 Å². The smallest absolute Gasteiger partial charge is 0.227 e. The lowest BCUT2D eigenvalue weighted by molar-refractivity contribution is -0.128. The highest BCUT2D eigenvalue weighted by molar-refractivity contribution is 14.0. The molecule has 146 valence electrons. The number of piperazine rings is 1. The fourth-order valence-electron chi connectivity index (χ4n) is 3.29. The monoisotopic (exact) mass is 467 g/mol. The van der Waals surface area contributed by atoms with Gasteiger partial charge in [0.05, 0.1) is 12.0 Å². The van der Waals surface area contributed by atoms with Crippen molar-refractivity contribution in [1.29, 1.82) is 0 Å². The summed E-state index contributed by atoms with van der Waals surface area (Å²) in [4.78, 5) is 21.1. The second-order valence-corrected chi connectivity index (χ2v) is 7.38. The van der Waals surface area contributed by atoms with Crippen LogP contribution in [0.15, 0.2) is 4.99 Å². The third-order valence-corrected chi connectivity index (χ3v) is 4.95. The summed E-state index contributed by atoms with van der Waals surface area (Å²) in [6.45, 7) is 11.5. The minimum Gasteiger partial charge on any atom is -0.381 e. The van der Waals surface area contributed by atoms with Crippen molar-refractivity contribution in [3.63, 3.8) is 0 Å². The fraction of sp³-hybridized carbons (Fsp3) is 0.882. The van der Waals surface area contributed by atoms with Crippen molar-refractivity contribution in [2.45, 2.75) is 20.3 Å². The molecule has 8 heteroatoms. The zero-order chi connectivity index (χ0) is 17.6. The Bertz CT molecular complexity index is 444. The number of amides is 1. The van der Waals surface area contributed by atoms with Crippen LogP contribution in [0.1, 0.15) is 20.3 Å². The highest BCUT2D eigenvalue weighted by Gasteiger charge is 2.28. The van der Waals surface area contributed by atoms with E-state index in [1.54, 1.807) is 14.1 Å². The molecule has 2 heterocycles. The molecule has 0 aliphatic carbocycles. The van der Waals surface area contributed by atoms with Gasteiger partial charge >= 0.3 is 0 Å². The number of hydrogen-bond donors (Lipinski definition) is 2. The van der Waals surface area contributed by atoms with E-state index < -0.39 is 5.41 Å². The number of hydrogen-bond acceptors (Lipinski definition) is 4. The summed E-state index contributed by atoms with van der Waals surface area (Å²) < 4.78 is 5.47. The van der Waals surface area contributed by atoms with Crippen LogP contribution in [0.4, 0.5) is 0 Å². The van der Waals surface area contributed by atoms with Gasteiger partial charge in [0.15, 0.2) is 5.96 Å². The van der Waals surface area contributed by atoms with E-state index in [1.807, 2.05) is 13.8 Å². The number of nitrogens with one attached hydrogen (secondary N) is 2. The molecule has 2 rings (SSSR count). The Balaban J connectivity index is 0.00000312. The zero-order valence-electron chi connectivity index (χ0n) is 16.0. The number of nitrogens with zero attached hydrogens (tertiary/aromatic N) is 3. The number of aliphatic imine (C=N–C) groups is 1. The second kappa shape index (κ2) is 10.5. The molecule has 1 atom stereocenters. The lowest BCUT2D eigenvalue weighted by Crippen LogP contribution is -2.55. The number of carbonyl (C=O) groups excluding carboxylic acids is 1. The van der Waals surface area contributed by atoms with Crippen LogP contribution in [0.2, 0.25) is 0 Å². The van der Waals surface area contributed by atoms with Gasteiger partial charge in [0.25, 0.3) is 0 Å². The van der Waals surface area contributed by atoms with Crippen LogP contribution in [-0.2, 0) is 9.53 Å². The minimum absolute atomic E-state index is 0. The van der Waals surface area contributed by atoms with Gasteiger partial charge in [-0.1, -0.05) is 0 Å². The highest BCUT2D eigenvalue weighted by Crippen LogP contribution is 2.16. The van der Waals surface area contributed by atoms with Gasteiger partial charge in [0.2, 0.25) is 5.91 Å². The van der Waals surface area contributed by atoms with E-state index in [-0.39, 0.29) is 29.9 Å². The van der Waals surface area contributed by atoms with Crippen LogP contribution < -0.4 is 10.6 Å². The Labute approximate surface area is 169 Å². The van der Waals surface area contributed by atoms with E-state index in [9.17, 15) is 4.79 Å². The molecule has 2 fully saturated rings. The van der Waals surface area contributed by atoms with Gasteiger partial charge in [-0.2, -0.15) is 0 Å². The van der Waals surface area contributed by atoms with Gasteiger partial charge in [-0.05, 0) is 26.2 Å². The minimum atomic E-state index is -0.463. The first-order valence-corrected chi connectivity index (χ1v) is 8.94. The molecule has 2 N–H and O–H groups in total. The van der Waals surface area contributed by atoms with Crippen LogP contribution >= 0.6 is 24.0 Å². The van der Waals surface area contributed by atoms with Gasteiger partial charge in [-0.25, -0.2) is 0 Å². The Hall–Kier alpha value is -0.610. The quantitative estimate of drug-likeness (QED) is 0.352. The van der Waals surface area contributed by atoms with E-state index in [1.165, 1.54) is 6.42 Å². The van der Waals surface area contributed by atoms with E-state index in [2.05, 4.69) is 25.4 Å². The molecule has 7 nitrogen and oxygen atoms in total. The lowest BCUT2D eigenvalue weighted by Gasteiger charge is -2.38. The van der Waals surface area contributed by atoms with Crippen LogP contribution in [0.25, 0.3) is 0 Å². The van der Waals surface area contributed by atoms with E-state index >= 15 is 0 Å². The standard InChI is InChI=1S/C17H33N5O2.HI/c1-17(2,15(23)18-3)13-20-16(19-4)22-8-6-21(7-9-22)11-14-5-10-24-12-14;/h14H,5-13H2,1-4H3,(H,18,23)(H,19,20);1H. The molecule has 2 saturated heterocycles. The summed E-state index contributed by atoms with van der Waals surface area (Å²) in [5.41, 5.74) is -0.463. The number of carbonyl (C=O) groups is 1. The molecule has 0 aromatic carbocycles. The van der Waals surface area contributed by atoms with Crippen LogP contribution in [0.3, 0.4) is 0 Å². The molecule has 0 bridgehead atoms. The normalized spacial score (nSPS) is 22.5. The van der Waals surface area contributed by atoms with E-state index in [0.717, 1.165) is 51.9 Å². The number of rotatable bonds is 5. The number of ether oxygens (including phenoxy) is 1. The average Bonchev–Trinajstić information content (AvgIpc) is 3.09. The lowest BCUT2D eigenvalue weighted by atomic mass is 9.92. The molecule has 2 aliphatic rings. The molecule has 0 aromatic rings. The SMILES string of the molecule is CN=C(NCC(C)(C)C(=O)NC)N1CCN(CC2CCOC2)CC1.I. The van der Waals surface area contributed by atoms with Gasteiger partial charge in [0.1, 0.15) is 0 Å². The summed E-state index contributed by atoms with van der Waals surface area (Å²) >= 11 is 0. The summed E-state index contributed by atoms with van der Waals surface area (Å²) in [5, 5.41) is 6.08. The van der Waals surface area contributed by atoms with Crippen molar-refractivity contribution in [3.8, 4) is 0 Å². The summed E-state index contributed by atoms with van der Waals surface area (Å²) in [6.07, 6.45) is 1.19. The average molecular weight is 467 g/mol. The molecule has 0 radical (unpaired) electrons. The van der Waals surface area contributed by atoms with Crippen LogP contribution in [0, 0.1) is 11.3 Å². The molecule has 25 heavy (non-hydrogen) atoms. The van der Waals surface area contributed by atoms with Crippen molar-refractivity contribution >= 4 is 35.8 Å². The number of guanidine groups is 1. The van der Waals surface area contributed by atoms with Crippen LogP contribution in [0.5, 0.6) is 0 Å². The maximum absolute atomic E-state index is 11.9. The Morgan fingerprint density at radius 1 is 1.28 bits per heavy atom. The van der Waals surface area contributed by atoms with Gasteiger partial charge in [0, 0.05) is 60.0 Å². The largest absolute Gasteiger partial charge is 0.381 e. The molecule has 0 aromatic heterocycles. The molecule has 0 saturated carbocycles. The molecular formula is C17H34IN5O2. The summed E-state index contributed by atoms with van der Waals surface area (Å²) in [7, 11) is 3.48. The zero-order valence-corrected chi connectivity index (χ0v) is 18.3. The molecule has 1 unspecified atom stereocenters. The topological polar surface area (TPSA) is 69.2 Å². The summed E-state index contributed by atoms with van der Waals surface area (Å²) in [5.74, 6) is 1.62. The molecular weight excluding hydrogens is 433 g/mol. The van der Waals surface area contributed by atoms with Crippen molar-refractivity contribution < 1.29 is 9.53 Å². The third kappa shape index (κ3) is 6.56. The maximum atomic E-state index is 11.9. The first-order chi connectivity index (χ1) is 11.5. The predicted octanol–water partition coefficient (Wildman–Crippen LogP) is 0.606. The van der Waals surface area contributed by atoms with Gasteiger partial charge in [-0.3, -0.25) is 14.7 Å². The van der Waals surface area contributed by atoms with Crippen molar-refractivity contribution in [2.24, 2.45) is 16.3 Å². The van der Waals surface area contributed by atoms with Crippen molar-refractivity contribution in [2.75, 3.05) is 66.6 Å². The fourth-order valence-corrected chi connectivity index (χ4v) is 3.29. The van der Waals surface area contributed by atoms with Crippen LogP contribution in [-0.4, -0.2) is 88.2 Å². The first-order valence-electron chi connectivity index (χ1n) is 8.94.